The minimum atomic E-state index is 0.535. The van der Waals surface area contributed by atoms with E-state index >= 15 is 0 Å². The number of hydrogen-bond acceptors (Lipinski definition) is 4. The fourth-order valence-corrected chi connectivity index (χ4v) is 11.1. The van der Waals surface area contributed by atoms with Crippen LogP contribution >= 0.6 is 0 Å². The van der Waals surface area contributed by atoms with Gasteiger partial charge < -0.3 is 18.6 Å². The van der Waals surface area contributed by atoms with E-state index in [2.05, 4.69) is 168 Å². The fraction of sp³-hybridized carbons (Fsp3) is 0.172. The van der Waals surface area contributed by atoms with Gasteiger partial charge >= 0.3 is 0 Å². The Kier molecular flexibility index (Phi) is 7.39. The van der Waals surface area contributed by atoms with Gasteiger partial charge in [0.2, 0.25) is 0 Å². The van der Waals surface area contributed by atoms with E-state index in [-0.39, 0.29) is 0 Å². The molecule has 8 aromatic carbocycles. The zero-order valence-corrected chi connectivity index (χ0v) is 34.5. The summed E-state index contributed by atoms with van der Waals surface area (Å²) in [5, 5.41) is 10.4. The maximum absolute atomic E-state index is 6.88. The number of rotatable bonds is 8. The molecule has 4 aliphatic carbocycles. The number of para-hydroxylation sites is 4. The van der Waals surface area contributed by atoms with Gasteiger partial charge in [-0.2, -0.15) is 0 Å². The van der Waals surface area contributed by atoms with E-state index in [0.29, 0.717) is 11.8 Å². The second-order valence-electron chi connectivity index (χ2n) is 18.0. The van der Waals surface area contributed by atoms with Crippen molar-refractivity contribution in [3.05, 3.63) is 179 Å². The normalized spacial score (nSPS) is 15.9. The van der Waals surface area contributed by atoms with Gasteiger partial charge in [-0.05, 0) is 144 Å². The summed E-state index contributed by atoms with van der Waals surface area (Å²) in [6, 6.07) is 50.1. The van der Waals surface area contributed by atoms with Gasteiger partial charge in [-0.3, -0.25) is 0 Å². The first kappa shape index (κ1) is 34.6. The highest BCUT2D eigenvalue weighted by Crippen LogP contribution is 2.56. The van der Waals surface area contributed by atoms with Crippen molar-refractivity contribution in [2.75, 3.05) is 9.80 Å². The molecule has 4 aliphatic rings. The van der Waals surface area contributed by atoms with Crippen LogP contribution in [0.25, 0.3) is 66.4 Å². The van der Waals surface area contributed by atoms with Crippen molar-refractivity contribution in [2.24, 2.45) is 0 Å². The number of hydrogen-bond donors (Lipinski definition) is 0. The SMILES string of the molecule is C1=Cc2c(oc3c(N(c4ccccc4)c4cc(C5CC5)c5ccc6c(N(c7ccccc7)c7cccc8c9c(oc78)C=CCC9)cc(C7CC7)c7ccc4c5c76)cccc23)CC1. The molecule has 4 nitrogen and oxygen atoms in total. The molecule has 0 N–H and O–H groups in total. The third-order valence-electron chi connectivity index (χ3n) is 14.2. The third-order valence-corrected chi connectivity index (χ3v) is 14.2. The Morgan fingerprint density at radius 3 is 1.56 bits per heavy atom. The molecule has 298 valence electrons. The van der Waals surface area contributed by atoms with E-state index in [0.717, 1.165) is 71.1 Å². The Morgan fingerprint density at radius 2 is 0.968 bits per heavy atom. The lowest BCUT2D eigenvalue weighted by atomic mass is 9.86. The summed E-state index contributed by atoms with van der Waals surface area (Å²) in [6.07, 6.45) is 17.8. The Morgan fingerprint density at radius 1 is 0.435 bits per heavy atom. The van der Waals surface area contributed by atoms with Crippen molar-refractivity contribution in [2.45, 2.75) is 63.2 Å². The van der Waals surface area contributed by atoms with Gasteiger partial charge in [0.15, 0.2) is 11.2 Å². The van der Waals surface area contributed by atoms with Crippen molar-refractivity contribution in [1.82, 2.24) is 0 Å². The van der Waals surface area contributed by atoms with Crippen LogP contribution < -0.4 is 9.80 Å². The number of furan rings is 2. The highest BCUT2D eigenvalue weighted by atomic mass is 16.3. The molecule has 62 heavy (non-hydrogen) atoms. The van der Waals surface area contributed by atoms with E-state index in [9.17, 15) is 0 Å². The summed E-state index contributed by atoms with van der Waals surface area (Å²) < 4.78 is 13.7. The molecule has 0 unspecified atom stereocenters. The van der Waals surface area contributed by atoms with Crippen molar-refractivity contribution in [3.8, 4) is 0 Å². The Labute approximate surface area is 360 Å². The van der Waals surface area contributed by atoms with Crippen molar-refractivity contribution < 1.29 is 8.83 Å². The van der Waals surface area contributed by atoms with E-state index in [1.807, 2.05) is 0 Å². The number of fused-ring (bicyclic) bond motifs is 6. The van der Waals surface area contributed by atoms with Crippen LogP contribution in [0.15, 0.2) is 154 Å². The number of allylic oxidation sites excluding steroid dienone is 2. The first-order valence-electron chi connectivity index (χ1n) is 22.7. The van der Waals surface area contributed by atoms with Gasteiger partial charge in [0.05, 0.1) is 22.7 Å². The average Bonchev–Trinajstić information content (AvgIpc) is 4.28. The molecule has 2 fully saturated rings. The highest BCUT2D eigenvalue weighted by molar-refractivity contribution is 6.30. The summed E-state index contributed by atoms with van der Waals surface area (Å²) in [7, 11) is 0. The molecule has 2 saturated carbocycles. The van der Waals surface area contributed by atoms with Gasteiger partial charge in [-0.25, -0.2) is 0 Å². The predicted molar refractivity (Wildman–Crippen MR) is 258 cm³/mol. The van der Waals surface area contributed by atoms with Crippen LogP contribution in [-0.2, 0) is 12.8 Å². The van der Waals surface area contributed by atoms with E-state index < -0.39 is 0 Å². The maximum Gasteiger partial charge on any atom is 0.159 e. The van der Waals surface area contributed by atoms with Crippen LogP contribution in [-0.4, -0.2) is 0 Å². The van der Waals surface area contributed by atoms with E-state index in [4.69, 9.17) is 8.83 Å². The topological polar surface area (TPSA) is 32.8 Å². The minimum Gasteiger partial charge on any atom is -0.458 e. The molecule has 14 rings (SSSR count). The molecule has 0 spiro atoms. The lowest BCUT2D eigenvalue weighted by molar-refractivity contribution is 0.546. The lowest BCUT2D eigenvalue weighted by Gasteiger charge is -2.31. The summed E-state index contributed by atoms with van der Waals surface area (Å²) in [5.41, 5.74) is 14.2. The van der Waals surface area contributed by atoms with E-state index in [1.165, 1.54) is 102 Å². The Hall–Kier alpha value is -7.04. The maximum atomic E-state index is 6.88. The van der Waals surface area contributed by atoms with Crippen molar-refractivity contribution >= 4 is 101 Å². The largest absolute Gasteiger partial charge is 0.458 e. The molecular formula is C58H44N2O2. The molecular weight excluding hydrogens is 757 g/mol. The van der Waals surface area contributed by atoms with Crippen LogP contribution in [0.4, 0.5) is 34.1 Å². The molecule has 0 aliphatic heterocycles. The van der Waals surface area contributed by atoms with Crippen molar-refractivity contribution in [3.63, 3.8) is 0 Å². The number of benzene rings is 8. The molecule has 0 atom stereocenters. The van der Waals surface area contributed by atoms with Crippen LogP contribution in [0.5, 0.6) is 0 Å². The minimum absolute atomic E-state index is 0.535. The fourth-order valence-electron chi connectivity index (χ4n) is 11.1. The second-order valence-corrected chi connectivity index (χ2v) is 18.0. The summed E-state index contributed by atoms with van der Waals surface area (Å²) in [5.74, 6) is 3.15. The zero-order valence-electron chi connectivity index (χ0n) is 34.5. The van der Waals surface area contributed by atoms with Crippen LogP contribution in [0.2, 0.25) is 0 Å². The van der Waals surface area contributed by atoms with Gasteiger partial charge in [0.1, 0.15) is 11.5 Å². The van der Waals surface area contributed by atoms with Gasteiger partial charge in [-0.1, -0.05) is 103 Å². The van der Waals surface area contributed by atoms with Gasteiger partial charge in [0.25, 0.3) is 0 Å². The summed E-state index contributed by atoms with van der Waals surface area (Å²) >= 11 is 0. The number of nitrogens with zero attached hydrogens (tertiary/aromatic N) is 2. The van der Waals surface area contributed by atoms with Crippen LogP contribution in [0, 0.1) is 0 Å². The third kappa shape index (κ3) is 5.13. The zero-order chi connectivity index (χ0) is 40.5. The molecule has 2 aromatic heterocycles. The molecule has 0 saturated heterocycles. The Bertz CT molecular complexity index is 3340. The standard InChI is InChI=1S/C58H44N2O2/c1-3-13-37(14-4-1)59(49-21-11-19-43-39-17-7-9-23-53(39)61-57(43)49)51-33-47(35-25-26-35)41-30-32-46-52(34-48(36-27-28-36)42-29-31-45(51)55(41)56(42)46)60(38-15-5-2-6-16-38)50-22-12-20-44-40-18-8-10-24-54(40)62-58(44)50/h1-7,10-17,19-22,24,29-36H,8-9,18,23,25-28H2. The number of anilines is 6. The molecule has 10 aromatic rings. The average molecular weight is 801 g/mol. The predicted octanol–water partition coefficient (Wildman–Crippen LogP) is 16.7. The van der Waals surface area contributed by atoms with Crippen LogP contribution in [0.3, 0.4) is 0 Å². The second kappa shape index (κ2) is 13.2. The quantitative estimate of drug-likeness (QED) is 0.143. The lowest BCUT2D eigenvalue weighted by Crippen LogP contribution is -2.13. The summed E-state index contributed by atoms with van der Waals surface area (Å²) in [6.45, 7) is 0. The molecule has 2 heterocycles. The smallest absolute Gasteiger partial charge is 0.159 e. The van der Waals surface area contributed by atoms with E-state index in [1.54, 1.807) is 0 Å². The summed E-state index contributed by atoms with van der Waals surface area (Å²) in [4.78, 5) is 4.98. The highest BCUT2D eigenvalue weighted by Gasteiger charge is 2.34. The molecule has 0 bridgehead atoms. The van der Waals surface area contributed by atoms with Crippen LogP contribution in [0.1, 0.15) is 84.1 Å². The van der Waals surface area contributed by atoms with Gasteiger partial charge in [0, 0.05) is 50.5 Å². The van der Waals surface area contributed by atoms with Crippen molar-refractivity contribution in [1.29, 1.82) is 0 Å². The first-order valence-corrected chi connectivity index (χ1v) is 22.7. The number of aryl methyl sites for hydroxylation is 2. The molecule has 4 heteroatoms. The molecule has 0 amide bonds. The Balaban J connectivity index is 1.09. The molecule has 0 radical (unpaired) electrons. The monoisotopic (exact) mass is 800 g/mol. The first-order chi connectivity index (χ1) is 30.8. The van der Waals surface area contributed by atoms with Gasteiger partial charge in [-0.15, -0.1) is 0 Å².